The van der Waals surface area contributed by atoms with Gasteiger partial charge in [0.25, 0.3) is 0 Å². The lowest BCUT2D eigenvalue weighted by Crippen LogP contribution is -2.27. The molecule has 1 aromatic heterocycles. The van der Waals surface area contributed by atoms with Crippen molar-refractivity contribution in [3.63, 3.8) is 0 Å². The molecular weight excluding hydrogens is 306 g/mol. The Kier molecular flexibility index (Phi) is 4.57. The zero-order chi connectivity index (χ0) is 16.1. The molecule has 1 aliphatic rings. The molecule has 0 radical (unpaired) electrons. The van der Waals surface area contributed by atoms with E-state index in [9.17, 15) is 4.79 Å². The second-order valence-electron chi connectivity index (χ2n) is 4.57. The number of rotatable bonds is 7. The lowest BCUT2D eigenvalue weighted by atomic mass is 10.3. The Bertz CT molecular complexity index is 687. The first-order chi connectivity index (χ1) is 11.3. The molecule has 0 bridgehead atoms. The minimum absolute atomic E-state index is 0.0640. The maximum absolute atomic E-state index is 11.7. The van der Waals surface area contributed by atoms with Crippen molar-refractivity contribution >= 4 is 5.91 Å². The Hall–Kier alpha value is -2.81. The highest BCUT2D eigenvalue weighted by Gasteiger charge is 2.16. The summed E-state index contributed by atoms with van der Waals surface area (Å²) in [6.07, 6.45) is 0. The van der Waals surface area contributed by atoms with E-state index in [1.807, 2.05) is 0 Å². The number of fused-ring (bicyclic) bond motifs is 1. The summed E-state index contributed by atoms with van der Waals surface area (Å²) in [5.74, 6) is 1.56. The van der Waals surface area contributed by atoms with E-state index in [2.05, 4.69) is 15.5 Å². The van der Waals surface area contributed by atoms with E-state index < -0.39 is 5.91 Å². The third-order valence-corrected chi connectivity index (χ3v) is 2.97. The van der Waals surface area contributed by atoms with Gasteiger partial charge in [0.1, 0.15) is 5.75 Å². The number of benzene rings is 1. The molecule has 23 heavy (non-hydrogen) atoms. The maximum atomic E-state index is 11.7. The molecule has 1 amide bonds. The van der Waals surface area contributed by atoms with Gasteiger partial charge in [0.2, 0.25) is 12.6 Å². The molecule has 3 rings (SSSR count). The molecule has 1 aromatic carbocycles. The van der Waals surface area contributed by atoms with E-state index >= 15 is 0 Å². The average Bonchev–Trinajstić information content (AvgIpc) is 3.21. The van der Waals surface area contributed by atoms with Gasteiger partial charge in [0.15, 0.2) is 18.1 Å². The summed E-state index contributed by atoms with van der Waals surface area (Å²) in [7, 11) is 1.55. The van der Waals surface area contributed by atoms with Crippen LogP contribution in [0.1, 0.15) is 16.5 Å². The molecule has 2 heterocycles. The first kappa shape index (κ1) is 15.1. The fraction of sp³-hybridized carbons (Fsp3) is 0.357. The van der Waals surface area contributed by atoms with Gasteiger partial charge in [-0.2, -0.15) is 4.98 Å². The Morgan fingerprint density at radius 3 is 3.09 bits per heavy atom. The van der Waals surface area contributed by atoms with Crippen molar-refractivity contribution in [3.05, 3.63) is 29.9 Å². The Morgan fingerprint density at radius 1 is 1.35 bits per heavy atom. The number of hydrogen-bond acceptors (Lipinski definition) is 8. The predicted molar refractivity (Wildman–Crippen MR) is 75.4 cm³/mol. The quantitative estimate of drug-likeness (QED) is 0.745. The number of nitrogens with one attached hydrogen (secondary N) is 1. The van der Waals surface area contributed by atoms with Crippen LogP contribution < -0.4 is 19.5 Å². The molecule has 0 aliphatic carbocycles. The fourth-order valence-electron chi connectivity index (χ4n) is 1.86. The molecule has 0 fully saturated rings. The number of methoxy groups -OCH3 is 1. The second kappa shape index (κ2) is 6.97. The number of amides is 1. The summed E-state index contributed by atoms with van der Waals surface area (Å²) in [6, 6.07) is 5.20. The first-order valence-corrected chi connectivity index (χ1v) is 6.88. The van der Waals surface area contributed by atoms with Crippen molar-refractivity contribution in [2.45, 2.75) is 6.61 Å². The Labute approximate surface area is 131 Å². The fourth-order valence-corrected chi connectivity index (χ4v) is 1.86. The van der Waals surface area contributed by atoms with Crippen molar-refractivity contribution in [1.29, 1.82) is 0 Å². The summed E-state index contributed by atoms with van der Waals surface area (Å²) in [4.78, 5) is 15.7. The molecule has 0 saturated carbocycles. The molecule has 0 spiro atoms. The number of carbonyl (C=O) groups is 1. The van der Waals surface area contributed by atoms with Crippen LogP contribution in [0, 0.1) is 0 Å². The Balaban J connectivity index is 1.54. The summed E-state index contributed by atoms with van der Waals surface area (Å²) in [6.45, 7) is 1.03. The number of aromatic nitrogens is 2. The predicted octanol–water partition coefficient (Wildman–Crippen LogP) is 0.753. The standard InChI is InChI=1S/C14H15N3O6/c1-19-5-4-15-13(18)14-16-12(17-23-14)7-20-9-2-3-10-11(6-9)22-8-21-10/h2-3,6H,4-5,7-8H2,1H3,(H,15,18). The molecule has 0 atom stereocenters. The highest BCUT2D eigenvalue weighted by atomic mass is 16.7. The van der Waals surface area contributed by atoms with Gasteiger partial charge in [-0.3, -0.25) is 4.79 Å². The minimum atomic E-state index is -0.455. The van der Waals surface area contributed by atoms with Gasteiger partial charge < -0.3 is 28.8 Å². The van der Waals surface area contributed by atoms with Crippen LogP contribution in [0.5, 0.6) is 17.2 Å². The number of nitrogens with zero attached hydrogens (tertiary/aromatic N) is 2. The van der Waals surface area contributed by atoms with Crippen molar-refractivity contribution in [2.75, 3.05) is 27.1 Å². The summed E-state index contributed by atoms with van der Waals surface area (Å²) >= 11 is 0. The van der Waals surface area contributed by atoms with Gasteiger partial charge in [-0.05, 0) is 12.1 Å². The van der Waals surface area contributed by atoms with Gasteiger partial charge in [0, 0.05) is 19.7 Å². The van der Waals surface area contributed by atoms with E-state index in [0.717, 1.165) is 0 Å². The smallest absolute Gasteiger partial charge is 0.316 e. The molecule has 0 saturated heterocycles. The molecule has 2 aromatic rings. The lowest BCUT2D eigenvalue weighted by molar-refractivity contribution is 0.0893. The maximum Gasteiger partial charge on any atom is 0.316 e. The highest BCUT2D eigenvalue weighted by molar-refractivity contribution is 5.89. The van der Waals surface area contributed by atoms with E-state index in [0.29, 0.717) is 30.4 Å². The van der Waals surface area contributed by atoms with Crippen molar-refractivity contribution < 1.29 is 28.3 Å². The van der Waals surface area contributed by atoms with Crippen molar-refractivity contribution in [3.8, 4) is 17.2 Å². The molecule has 1 N–H and O–H groups in total. The van der Waals surface area contributed by atoms with Crippen LogP contribution in [0.25, 0.3) is 0 Å². The normalized spacial score (nSPS) is 12.2. The minimum Gasteiger partial charge on any atom is -0.485 e. The number of hydrogen-bond donors (Lipinski definition) is 1. The molecular formula is C14H15N3O6. The van der Waals surface area contributed by atoms with Gasteiger partial charge in [-0.1, -0.05) is 5.16 Å². The van der Waals surface area contributed by atoms with E-state index in [1.54, 1.807) is 25.3 Å². The van der Waals surface area contributed by atoms with Gasteiger partial charge in [-0.15, -0.1) is 0 Å². The Morgan fingerprint density at radius 2 is 2.22 bits per heavy atom. The molecule has 9 heteroatoms. The van der Waals surface area contributed by atoms with Gasteiger partial charge >= 0.3 is 11.8 Å². The van der Waals surface area contributed by atoms with E-state index in [-0.39, 0.29) is 25.1 Å². The van der Waals surface area contributed by atoms with Gasteiger partial charge in [0.05, 0.1) is 6.61 Å². The summed E-state index contributed by atoms with van der Waals surface area (Å²) in [5.41, 5.74) is 0. The van der Waals surface area contributed by atoms with Crippen LogP contribution in [-0.2, 0) is 11.3 Å². The van der Waals surface area contributed by atoms with Crippen LogP contribution >= 0.6 is 0 Å². The zero-order valence-corrected chi connectivity index (χ0v) is 12.4. The van der Waals surface area contributed by atoms with Crippen LogP contribution in [0.15, 0.2) is 22.7 Å². The third-order valence-electron chi connectivity index (χ3n) is 2.97. The van der Waals surface area contributed by atoms with Crippen molar-refractivity contribution in [1.82, 2.24) is 15.5 Å². The molecule has 0 unspecified atom stereocenters. The summed E-state index contributed by atoms with van der Waals surface area (Å²) < 4.78 is 25.7. The van der Waals surface area contributed by atoms with E-state index in [1.165, 1.54) is 0 Å². The second-order valence-corrected chi connectivity index (χ2v) is 4.57. The first-order valence-electron chi connectivity index (χ1n) is 6.88. The number of ether oxygens (including phenoxy) is 4. The third kappa shape index (κ3) is 3.69. The molecule has 122 valence electrons. The largest absolute Gasteiger partial charge is 0.485 e. The highest BCUT2D eigenvalue weighted by Crippen LogP contribution is 2.35. The molecule has 1 aliphatic heterocycles. The number of carbonyl (C=O) groups excluding carboxylic acids is 1. The van der Waals surface area contributed by atoms with E-state index in [4.69, 9.17) is 23.5 Å². The van der Waals surface area contributed by atoms with Gasteiger partial charge in [-0.25, -0.2) is 0 Å². The van der Waals surface area contributed by atoms with Crippen LogP contribution in [-0.4, -0.2) is 43.1 Å². The van der Waals surface area contributed by atoms with Crippen molar-refractivity contribution in [2.24, 2.45) is 0 Å². The SMILES string of the molecule is COCCNC(=O)c1nc(COc2ccc3c(c2)OCO3)no1. The van der Waals surface area contributed by atoms with Crippen LogP contribution in [0.2, 0.25) is 0 Å². The summed E-state index contributed by atoms with van der Waals surface area (Å²) in [5, 5.41) is 6.28. The van der Waals surface area contributed by atoms with Crippen LogP contribution in [0.3, 0.4) is 0 Å². The zero-order valence-electron chi connectivity index (χ0n) is 12.4. The topological polar surface area (TPSA) is 105 Å². The molecule has 9 nitrogen and oxygen atoms in total. The van der Waals surface area contributed by atoms with Crippen LogP contribution in [0.4, 0.5) is 0 Å². The lowest BCUT2D eigenvalue weighted by Gasteiger charge is -2.04. The monoisotopic (exact) mass is 321 g/mol. The average molecular weight is 321 g/mol.